The molecule has 6 nitrogen and oxygen atoms in total. The monoisotopic (exact) mass is 428 g/mol. The van der Waals surface area contributed by atoms with Crippen LogP contribution in [0.3, 0.4) is 0 Å². The third-order valence-electron chi connectivity index (χ3n) is 4.26. The van der Waals surface area contributed by atoms with Crippen LogP contribution < -0.4 is 10.1 Å². The number of nitrogens with zero attached hydrogens (tertiary/aromatic N) is 1. The van der Waals surface area contributed by atoms with E-state index >= 15 is 0 Å². The molecule has 2 aromatic carbocycles. The zero-order valence-corrected chi connectivity index (χ0v) is 17.4. The lowest BCUT2D eigenvalue weighted by atomic mass is 10.1. The number of hydrogen-bond acceptors (Lipinski definition) is 6. The van der Waals surface area contributed by atoms with Crippen molar-refractivity contribution in [3.63, 3.8) is 0 Å². The minimum absolute atomic E-state index is 0.111. The van der Waals surface area contributed by atoms with Gasteiger partial charge in [-0.05, 0) is 47.9 Å². The van der Waals surface area contributed by atoms with Gasteiger partial charge >= 0.3 is 0 Å². The second kappa shape index (κ2) is 9.58. The van der Waals surface area contributed by atoms with Gasteiger partial charge in [-0.2, -0.15) is 0 Å². The number of benzene rings is 2. The van der Waals surface area contributed by atoms with Crippen LogP contribution in [0.4, 0.5) is 0 Å². The van der Waals surface area contributed by atoms with Crippen LogP contribution in [0.2, 0.25) is 0 Å². The highest BCUT2D eigenvalue weighted by Crippen LogP contribution is 2.32. The third-order valence-corrected chi connectivity index (χ3v) is 5.64. The first-order chi connectivity index (χ1) is 14.0. The number of carbonyl (C=O) groups excluding carboxylic acids is 2. The molecule has 0 atom stereocenters. The molecular weight excluding hydrogens is 408 g/mol. The molecule has 1 aliphatic rings. The Balaban J connectivity index is 1.54. The molecule has 0 saturated carbocycles. The summed E-state index contributed by atoms with van der Waals surface area (Å²) in [5, 5.41) is 12.1. The van der Waals surface area contributed by atoms with Crippen LogP contribution in [0.25, 0.3) is 6.08 Å². The third kappa shape index (κ3) is 5.58. The van der Waals surface area contributed by atoms with Gasteiger partial charge in [-0.15, -0.1) is 0 Å². The molecule has 0 spiro atoms. The van der Waals surface area contributed by atoms with Crippen molar-refractivity contribution in [1.82, 2.24) is 10.2 Å². The van der Waals surface area contributed by atoms with E-state index in [2.05, 4.69) is 5.32 Å². The van der Waals surface area contributed by atoms with E-state index in [0.29, 0.717) is 22.2 Å². The average molecular weight is 429 g/mol. The zero-order valence-electron chi connectivity index (χ0n) is 15.8. The van der Waals surface area contributed by atoms with Gasteiger partial charge in [0.25, 0.3) is 5.91 Å². The Morgan fingerprint density at radius 3 is 2.55 bits per heavy atom. The summed E-state index contributed by atoms with van der Waals surface area (Å²) in [7, 11) is 1.59. The molecule has 3 rings (SSSR count). The first-order valence-electron chi connectivity index (χ1n) is 8.90. The molecule has 1 aliphatic heterocycles. The maximum absolute atomic E-state index is 12.6. The van der Waals surface area contributed by atoms with E-state index in [-0.39, 0.29) is 24.1 Å². The lowest BCUT2D eigenvalue weighted by Crippen LogP contribution is -2.40. The molecule has 1 fully saturated rings. The highest BCUT2D eigenvalue weighted by atomic mass is 32.2. The maximum Gasteiger partial charge on any atom is 0.266 e. The predicted octanol–water partition coefficient (Wildman–Crippen LogP) is 2.96. The summed E-state index contributed by atoms with van der Waals surface area (Å²) in [5.41, 5.74) is 1.85. The van der Waals surface area contributed by atoms with Crippen LogP contribution in [0.1, 0.15) is 11.1 Å². The molecular formula is C21H20N2O4S2. The van der Waals surface area contributed by atoms with Gasteiger partial charge in [-0.1, -0.05) is 48.2 Å². The van der Waals surface area contributed by atoms with Crippen molar-refractivity contribution in [2.24, 2.45) is 0 Å². The van der Waals surface area contributed by atoms with E-state index in [0.717, 1.165) is 16.9 Å². The summed E-state index contributed by atoms with van der Waals surface area (Å²) in [4.78, 5) is 26.6. The highest BCUT2D eigenvalue weighted by Gasteiger charge is 2.33. The molecule has 29 heavy (non-hydrogen) atoms. The Morgan fingerprint density at radius 2 is 1.90 bits per heavy atom. The van der Waals surface area contributed by atoms with Gasteiger partial charge in [-0.3, -0.25) is 14.5 Å². The summed E-state index contributed by atoms with van der Waals surface area (Å²) in [6.45, 7) is 0.320. The van der Waals surface area contributed by atoms with Gasteiger partial charge in [0, 0.05) is 6.54 Å². The van der Waals surface area contributed by atoms with E-state index in [1.807, 2.05) is 24.3 Å². The molecule has 0 aliphatic carbocycles. The van der Waals surface area contributed by atoms with Crippen LogP contribution in [0, 0.1) is 0 Å². The van der Waals surface area contributed by atoms with Crippen LogP contribution in [0.15, 0.2) is 53.4 Å². The van der Waals surface area contributed by atoms with E-state index in [9.17, 15) is 14.7 Å². The lowest BCUT2D eigenvalue weighted by Gasteiger charge is -2.14. The molecule has 1 heterocycles. The Bertz CT molecular complexity index is 940. The van der Waals surface area contributed by atoms with E-state index in [4.69, 9.17) is 17.0 Å². The topological polar surface area (TPSA) is 78.9 Å². The van der Waals surface area contributed by atoms with Gasteiger partial charge in [0.2, 0.25) is 5.91 Å². The fourth-order valence-corrected chi connectivity index (χ4v) is 3.95. The molecule has 0 radical (unpaired) electrons. The molecule has 150 valence electrons. The van der Waals surface area contributed by atoms with Crippen LogP contribution in [0.5, 0.6) is 11.5 Å². The van der Waals surface area contributed by atoms with Crippen molar-refractivity contribution in [2.45, 2.75) is 6.42 Å². The molecule has 0 unspecified atom stereocenters. The number of ether oxygens (including phenoxy) is 1. The van der Waals surface area contributed by atoms with Crippen LogP contribution >= 0.6 is 24.0 Å². The summed E-state index contributed by atoms with van der Waals surface area (Å²) in [6.07, 6.45) is 2.38. The van der Waals surface area contributed by atoms with Crippen molar-refractivity contribution in [1.29, 1.82) is 0 Å². The molecule has 0 aromatic heterocycles. The summed E-state index contributed by atoms with van der Waals surface area (Å²) >= 11 is 6.46. The van der Waals surface area contributed by atoms with Crippen molar-refractivity contribution >= 4 is 46.2 Å². The highest BCUT2D eigenvalue weighted by molar-refractivity contribution is 8.26. The number of phenolic OH excluding ortho intramolecular Hbond substituents is 1. The molecule has 1 saturated heterocycles. The van der Waals surface area contributed by atoms with Crippen molar-refractivity contribution in [3.05, 3.63) is 64.6 Å². The summed E-state index contributed by atoms with van der Waals surface area (Å²) in [6, 6.07) is 14.1. The number of methoxy groups -OCH3 is 1. The SMILES string of the molecule is COc1ccc(C=C2SC(=S)N(CC(=O)NCCc3ccc(O)cc3)C2=O)cc1. The maximum atomic E-state index is 12.6. The number of nitrogens with one attached hydrogen (secondary N) is 1. The second-order valence-electron chi connectivity index (χ2n) is 6.31. The van der Waals surface area contributed by atoms with E-state index in [1.165, 1.54) is 16.7 Å². The number of amides is 2. The first kappa shape index (κ1) is 20.9. The lowest BCUT2D eigenvalue weighted by molar-refractivity contribution is -0.128. The van der Waals surface area contributed by atoms with Crippen LogP contribution in [-0.4, -0.2) is 46.3 Å². The van der Waals surface area contributed by atoms with Gasteiger partial charge in [-0.25, -0.2) is 0 Å². The number of thiocarbonyl (C=S) groups is 1. The summed E-state index contributed by atoms with van der Waals surface area (Å²) < 4.78 is 5.49. The average Bonchev–Trinajstić information content (AvgIpc) is 2.97. The van der Waals surface area contributed by atoms with Crippen molar-refractivity contribution in [2.75, 3.05) is 20.2 Å². The van der Waals surface area contributed by atoms with Gasteiger partial charge in [0.15, 0.2) is 0 Å². The number of hydrogen-bond donors (Lipinski definition) is 2. The van der Waals surface area contributed by atoms with Gasteiger partial charge in [0.1, 0.15) is 22.4 Å². The molecule has 2 amide bonds. The number of rotatable bonds is 7. The predicted molar refractivity (Wildman–Crippen MR) is 118 cm³/mol. The van der Waals surface area contributed by atoms with E-state index < -0.39 is 0 Å². The Hall–Kier alpha value is -2.84. The van der Waals surface area contributed by atoms with Gasteiger partial charge in [0.05, 0.1) is 12.0 Å². The molecule has 2 aromatic rings. The smallest absolute Gasteiger partial charge is 0.266 e. The minimum Gasteiger partial charge on any atom is -0.508 e. The zero-order chi connectivity index (χ0) is 20.8. The number of aromatic hydroxyl groups is 1. The van der Waals surface area contributed by atoms with Crippen molar-refractivity contribution < 1.29 is 19.4 Å². The van der Waals surface area contributed by atoms with Gasteiger partial charge < -0.3 is 15.2 Å². The first-order valence-corrected chi connectivity index (χ1v) is 10.1. The quantitative estimate of drug-likeness (QED) is 0.522. The fourth-order valence-electron chi connectivity index (χ4n) is 2.70. The van der Waals surface area contributed by atoms with Crippen molar-refractivity contribution in [3.8, 4) is 11.5 Å². The standard InChI is InChI=1S/C21H20N2O4S2/c1-27-17-8-4-15(5-9-17)12-18-20(26)23(21(28)29-18)13-19(25)22-11-10-14-2-6-16(24)7-3-14/h2-9,12,24H,10-11,13H2,1H3,(H,22,25). The summed E-state index contributed by atoms with van der Waals surface area (Å²) in [5.74, 6) is 0.392. The largest absolute Gasteiger partial charge is 0.508 e. The Labute approximate surface area is 178 Å². The fraction of sp³-hybridized carbons (Fsp3) is 0.190. The molecule has 2 N–H and O–H groups in total. The number of carbonyl (C=O) groups is 2. The molecule has 0 bridgehead atoms. The normalized spacial score (nSPS) is 15.1. The Kier molecular flexibility index (Phi) is 6.90. The second-order valence-corrected chi connectivity index (χ2v) is 7.98. The van der Waals surface area contributed by atoms with E-state index in [1.54, 1.807) is 37.5 Å². The van der Waals surface area contributed by atoms with Crippen LogP contribution in [-0.2, 0) is 16.0 Å². The number of phenols is 1. The Morgan fingerprint density at radius 1 is 1.21 bits per heavy atom. The number of thioether (sulfide) groups is 1. The minimum atomic E-state index is -0.274. The molecule has 8 heteroatoms.